The van der Waals surface area contributed by atoms with Gasteiger partial charge in [0.1, 0.15) is 0 Å². The third kappa shape index (κ3) is 3.91. The van der Waals surface area contributed by atoms with Crippen LogP contribution in [0.4, 0.5) is 5.82 Å². The smallest absolute Gasteiger partial charge is 0.358 e. The predicted octanol–water partition coefficient (Wildman–Crippen LogP) is 2.80. The van der Waals surface area contributed by atoms with Crippen molar-refractivity contribution in [3.63, 3.8) is 0 Å². The molecule has 5 nitrogen and oxygen atoms in total. The van der Waals surface area contributed by atoms with Crippen LogP contribution >= 0.6 is 0 Å². The number of carboxylic acids is 1. The van der Waals surface area contributed by atoms with E-state index in [2.05, 4.69) is 22.2 Å². The van der Waals surface area contributed by atoms with E-state index in [1.54, 1.807) is 0 Å². The van der Waals surface area contributed by atoms with Gasteiger partial charge in [0.25, 0.3) is 0 Å². The van der Waals surface area contributed by atoms with Crippen LogP contribution in [-0.4, -0.2) is 27.6 Å². The molecule has 2 rings (SSSR count). The first-order chi connectivity index (χ1) is 9.16. The molecule has 2 unspecified atom stereocenters. The summed E-state index contributed by atoms with van der Waals surface area (Å²) in [5, 5.41) is 12.1. The van der Waals surface area contributed by atoms with Crippen LogP contribution in [0.1, 0.15) is 49.5 Å². The Labute approximate surface area is 113 Å². The van der Waals surface area contributed by atoms with Gasteiger partial charge in [0.05, 0.1) is 0 Å². The highest BCUT2D eigenvalue weighted by atomic mass is 16.4. The Hall–Kier alpha value is -1.65. The molecule has 1 aliphatic carbocycles. The second kappa shape index (κ2) is 6.50. The molecule has 1 saturated carbocycles. The quantitative estimate of drug-likeness (QED) is 0.854. The zero-order valence-electron chi connectivity index (χ0n) is 11.3. The second-order valence-electron chi connectivity index (χ2n) is 5.41. The first-order valence-corrected chi connectivity index (χ1v) is 6.95. The second-order valence-corrected chi connectivity index (χ2v) is 5.41. The van der Waals surface area contributed by atoms with Gasteiger partial charge >= 0.3 is 5.97 Å². The maximum atomic E-state index is 11.0. The average molecular weight is 263 g/mol. The molecule has 0 spiro atoms. The monoisotopic (exact) mass is 263 g/mol. The molecule has 1 aliphatic rings. The molecular weight excluding hydrogens is 242 g/mol. The highest BCUT2D eigenvalue weighted by Crippen LogP contribution is 2.30. The van der Waals surface area contributed by atoms with Gasteiger partial charge in [0.15, 0.2) is 11.5 Å². The van der Waals surface area contributed by atoms with Crippen molar-refractivity contribution in [1.29, 1.82) is 0 Å². The molecule has 5 heteroatoms. The number of carbonyl (C=O) groups is 1. The van der Waals surface area contributed by atoms with Gasteiger partial charge < -0.3 is 10.4 Å². The maximum Gasteiger partial charge on any atom is 0.358 e. The van der Waals surface area contributed by atoms with Gasteiger partial charge in [0, 0.05) is 18.9 Å². The first kappa shape index (κ1) is 13.8. The van der Waals surface area contributed by atoms with E-state index < -0.39 is 5.97 Å². The lowest BCUT2D eigenvalue weighted by Crippen LogP contribution is -2.18. The molecule has 0 aliphatic heterocycles. The molecule has 1 fully saturated rings. The summed E-state index contributed by atoms with van der Waals surface area (Å²) < 4.78 is 0. The minimum absolute atomic E-state index is 0.000452. The Morgan fingerprint density at radius 3 is 2.95 bits per heavy atom. The topological polar surface area (TPSA) is 75.1 Å². The Kier molecular flexibility index (Phi) is 4.71. The van der Waals surface area contributed by atoms with E-state index in [0.29, 0.717) is 5.82 Å². The number of carboxylic acid groups (broad SMARTS) is 1. The van der Waals surface area contributed by atoms with Crippen molar-refractivity contribution in [2.75, 3.05) is 11.9 Å². The Bertz CT molecular complexity index is 436. The number of hydrogen-bond donors (Lipinski definition) is 2. The summed E-state index contributed by atoms with van der Waals surface area (Å²) in [6.07, 6.45) is 9.22. The number of aromatic carboxylic acids is 1. The lowest BCUT2D eigenvalue weighted by molar-refractivity contribution is 0.0691. The lowest BCUT2D eigenvalue weighted by atomic mass is 9.81. The molecule has 2 atom stereocenters. The number of nitrogens with zero attached hydrogens (tertiary/aromatic N) is 2. The minimum Gasteiger partial charge on any atom is -0.476 e. The van der Waals surface area contributed by atoms with Crippen LogP contribution in [0.3, 0.4) is 0 Å². The van der Waals surface area contributed by atoms with Gasteiger partial charge in [0.2, 0.25) is 0 Å². The number of aromatic nitrogens is 2. The summed E-state index contributed by atoms with van der Waals surface area (Å²) in [6, 6.07) is 0. The van der Waals surface area contributed by atoms with Gasteiger partial charge in [-0.15, -0.1) is 0 Å². The van der Waals surface area contributed by atoms with Gasteiger partial charge in [-0.1, -0.05) is 26.2 Å². The third-order valence-corrected chi connectivity index (χ3v) is 3.79. The van der Waals surface area contributed by atoms with E-state index in [-0.39, 0.29) is 5.69 Å². The van der Waals surface area contributed by atoms with Gasteiger partial charge in [-0.2, -0.15) is 0 Å². The van der Waals surface area contributed by atoms with Crippen molar-refractivity contribution >= 4 is 11.8 Å². The van der Waals surface area contributed by atoms with Crippen LogP contribution < -0.4 is 5.32 Å². The van der Waals surface area contributed by atoms with Crippen molar-refractivity contribution in [2.45, 2.75) is 39.0 Å². The van der Waals surface area contributed by atoms with Crippen molar-refractivity contribution in [3.05, 3.63) is 18.1 Å². The molecule has 1 aromatic heterocycles. The fraction of sp³-hybridized carbons (Fsp3) is 0.643. The zero-order valence-corrected chi connectivity index (χ0v) is 11.3. The first-order valence-electron chi connectivity index (χ1n) is 6.95. The van der Waals surface area contributed by atoms with E-state index in [4.69, 9.17) is 5.11 Å². The van der Waals surface area contributed by atoms with Gasteiger partial charge in [-0.3, -0.25) is 0 Å². The maximum absolute atomic E-state index is 11.0. The highest BCUT2D eigenvalue weighted by Gasteiger charge is 2.19. The SMILES string of the molecule is CC1CCCC(CCNc2nccnc2C(=O)O)C1. The molecule has 104 valence electrons. The van der Waals surface area contributed by atoms with Gasteiger partial charge in [-0.25, -0.2) is 14.8 Å². The molecule has 0 bridgehead atoms. The molecule has 19 heavy (non-hydrogen) atoms. The van der Waals surface area contributed by atoms with E-state index in [9.17, 15) is 4.79 Å². The van der Waals surface area contributed by atoms with Gasteiger partial charge in [-0.05, 0) is 24.7 Å². The summed E-state index contributed by atoms with van der Waals surface area (Å²) in [6.45, 7) is 3.07. The Balaban J connectivity index is 1.84. The summed E-state index contributed by atoms with van der Waals surface area (Å²) in [5.74, 6) is 0.909. The summed E-state index contributed by atoms with van der Waals surface area (Å²) in [7, 11) is 0. The number of rotatable bonds is 5. The molecule has 0 radical (unpaired) electrons. The van der Waals surface area contributed by atoms with Crippen LogP contribution in [0.2, 0.25) is 0 Å². The fourth-order valence-electron chi connectivity index (χ4n) is 2.84. The molecular formula is C14H21N3O2. The van der Waals surface area contributed by atoms with E-state index in [1.807, 2.05) is 0 Å². The summed E-state index contributed by atoms with van der Waals surface area (Å²) in [4.78, 5) is 18.9. The molecule has 0 amide bonds. The van der Waals surface area contributed by atoms with Crippen LogP contribution in [0, 0.1) is 11.8 Å². The molecule has 2 N–H and O–H groups in total. The molecule has 1 heterocycles. The molecule has 0 aromatic carbocycles. The standard InChI is InChI=1S/C14H21N3O2/c1-10-3-2-4-11(9-10)5-6-16-13-12(14(18)19)15-7-8-17-13/h7-8,10-11H,2-6,9H2,1H3,(H,16,17)(H,18,19). The molecule has 1 aromatic rings. The fourth-order valence-corrected chi connectivity index (χ4v) is 2.84. The largest absolute Gasteiger partial charge is 0.476 e. The third-order valence-electron chi connectivity index (χ3n) is 3.79. The normalized spacial score (nSPS) is 23.0. The van der Waals surface area contributed by atoms with Crippen molar-refractivity contribution < 1.29 is 9.90 Å². The van der Waals surface area contributed by atoms with Crippen LogP contribution in [-0.2, 0) is 0 Å². The number of hydrogen-bond acceptors (Lipinski definition) is 4. The Morgan fingerprint density at radius 1 is 1.42 bits per heavy atom. The van der Waals surface area contributed by atoms with E-state index >= 15 is 0 Å². The van der Waals surface area contributed by atoms with E-state index in [1.165, 1.54) is 38.1 Å². The van der Waals surface area contributed by atoms with Crippen molar-refractivity contribution in [1.82, 2.24) is 9.97 Å². The molecule has 0 saturated heterocycles. The zero-order chi connectivity index (χ0) is 13.7. The van der Waals surface area contributed by atoms with E-state index in [0.717, 1.165) is 24.8 Å². The van der Waals surface area contributed by atoms with Crippen LogP contribution in [0.15, 0.2) is 12.4 Å². The highest BCUT2D eigenvalue weighted by molar-refractivity contribution is 5.90. The lowest BCUT2D eigenvalue weighted by Gasteiger charge is -2.26. The number of anilines is 1. The van der Waals surface area contributed by atoms with Crippen LogP contribution in [0.5, 0.6) is 0 Å². The van der Waals surface area contributed by atoms with Crippen molar-refractivity contribution in [2.24, 2.45) is 11.8 Å². The van der Waals surface area contributed by atoms with Crippen LogP contribution in [0.25, 0.3) is 0 Å². The van der Waals surface area contributed by atoms with Crippen molar-refractivity contribution in [3.8, 4) is 0 Å². The average Bonchev–Trinajstić information content (AvgIpc) is 2.39. The number of nitrogens with one attached hydrogen (secondary N) is 1. The Morgan fingerprint density at radius 2 is 2.21 bits per heavy atom. The predicted molar refractivity (Wildman–Crippen MR) is 73.2 cm³/mol. The summed E-state index contributed by atoms with van der Waals surface area (Å²) in [5.41, 5.74) is -0.000452. The summed E-state index contributed by atoms with van der Waals surface area (Å²) >= 11 is 0. The minimum atomic E-state index is -1.04.